The fourth-order valence-corrected chi connectivity index (χ4v) is 2.44. The lowest BCUT2D eigenvalue weighted by Crippen LogP contribution is -2.16. The van der Waals surface area contributed by atoms with Crippen molar-refractivity contribution in [3.8, 4) is 5.75 Å². The van der Waals surface area contributed by atoms with Crippen molar-refractivity contribution in [2.75, 3.05) is 6.54 Å². The third kappa shape index (κ3) is 6.42. The molecule has 0 aliphatic carbocycles. The highest BCUT2D eigenvalue weighted by Gasteiger charge is 2.01. The zero-order valence-corrected chi connectivity index (χ0v) is 15.1. The second kappa shape index (κ2) is 9.17. The first-order valence-electron chi connectivity index (χ1n) is 7.91. The van der Waals surface area contributed by atoms with E-state index in [9.17, 15) is 0 Å². The Morgan fingerprint density at radius 2 is 1.65 bits per heavy atom. The van der Waals surface area contributed by atoms with Crippen LogP contribution in [0.2, 0.25) is 10.0 Å². The predicted molar refractivity (Wildman–Crippen MR) is 98.4 cm³/mol. The number of ether oxygens (including phenoxy) is 1. The van der Waals surface area contributed by atoms with Crippen molar-refractivity contribution < 1.29 is 4.74 Å². The van der Waals surface area contributed by atoms with Gasteiger partial charge in [0.1, 0.15) is 12.4 Å². The fraction of sp³-hybridized carbons (Fsp3) is 0.368. The molecule has 124 valence electrons. The van der Waals surface area contributed by atoms with Crippen molar-refractivity contribution in [1.29, 1.82) is 0 Å². The lowest BCUT2D eigenvalue weighted by atomic mass is 10.1. The molecule has 0 saturated carbocycles. The van der Waals surface area contributed by atoms with Gasteiger partial charge in [0, 0.05) is 6.54 Å². The Balaban J connectivity index is 1.79. The first kappa shape index (κ1) is 18.1. The molecule has 23 heavy (non-hydrogen) atoms. The van der Waals surface area contributed by atoms with Gasteiger partial charge in [0.05, 0.1) is 10.0 Å². The van der Waals surface area contributed by atoms with E-state index in [0.29, 0.717) is 16.7 Å². The van der Waals surface area contributed by atoms with Gasteiger partial charge in [0.25, 0.3) is 0 Å². The Morgan fingerprint density at radius 1 is 0.957 bits per heavy atom. The zero-order chi connectivity index (χ0) is 16.7. The average Bonchev–Trinajstić information content (AvgIpc) is 2.53. The Kier molecular flexibility index (Phi) is 7.22. The second-order valence-electron chi connectivity index (χ2n) is 6.04. The number of rotatable bonds is 8. The van der Waals surface area contributed by atoms with Crippen LogP contribution in [0.1, 0.15) is 31.4 Å². The summed E-state index contributed by atoms with van der Waals surface area (Å²) in [6.45, 7) is 6.89. The largest absolute Gasteiger partial charge is 0.489 e. The van der Waals surface area contributed by atoms with Crippen LogP contribution < -0.4 is 10.1 Å². The van der Waals surface area contributed by atoms with Gasteiger partial charge in [-0.15, -0.1) is 0 Å². The SMILES string of the molecule is CC(C)CCNCc1ccc(OCc2ccc(Cl)c(Cl)c2)cc1. The molecule has 0 radical (unpaired) electrons. The monoisotopic (exact) mass is 351 g/mol. The minimum atomic E-state index is 0.475. The van der Waals surface area contributed by atoms with Crippen LogP contribution in [0.25, 0.3) is 0 Å². The molecule has 2 rings (SSSR count). The van der Waals surface area contributed by atoms with E-state index in [4.69, 9.17) is 27.9 Å². The Labute approximate surface area is 148 Å². The molecule has 2 aromatic carbocycles. The smallest absolute Gasteiger partial charge is 0.119 e. The van der Waals surface area contributed by atoms with Gasteiger partial charge in [-0.2, -0.15) is 0 Å². The maximum atomic E-state index is 6.00. The van der Waals surface area contributed by atoms with Crippen LogP contribution in [0.4, 0.5) is 0 Å². The van der Waals surface area contributed by atoms with Gasteiger partial charge in [-0.25, -0.2) is 0 Å². The molecule has 4 heteroatoms. The number of benzene rings is 2. The summed E-state index contributed by atoms with van der Waals surface area (Å²) in [4.78, 5) is 0. The number of nitrogens with one attached hydrogen (secondary N) is 1. The van der Waals surface area contributed by atoms with E-state index in [1.807, 2.05) is 24.3 Å². The molecule has 0 bridgehead atoms. The highest BCUT2D eigenvalue weighted by molar-refractivity contribution is 6.42. The molecule has 0 amide bonds. The summed E-state index contributed by atoms with van der Waals surface area (Å²) in [7, 11) is 0. The van der Waals surface area contributed by atoms with Gasteiger partial charge >= 0.3 is 0 Å². The van der Waals surface area contributed by atoms with Crippen LogP contribution in [0.5, 0.6) is 5.75 Å². The highest BCUT2D eigenvalue weighted by atomic mass is 35.5. The van der Waals surface area contributed by atoms with Gasteiger partial charge in [0.2, 0.25) is 0 Å². The van der Waals surface area contributed by atoms with E-state index in [2.05, 4.69) is 31.3 Å². The minimum absolute atomic E-state index is 0.475. The molecular weight excluding hydrogens is 329 g/mol. The normalized spacial score (nSPS) is 11.0. The molecule has 0 unspecified atom stereocenters. The standard InChI is InChI=1S/C19H23Cl2NO/c1-14(2)9-10-22-12-15-3-6-17(7-4-15)23-13-16-5-8-18(20)19(21)11-16/h3-8,11,14,22H,9-10,12-13H2,1-2H3. The molecule has 0 atom stereocenters. The fourth-order valence-electron chi connectivity index (χ4n) is 2.12. The van der Waals surface area contributed by atoms with Crippen LogP contribution in [-0.2, 0) is 13.2 Å². The maximum absolute atomic E-state index is 6.00. The zero-order valence-electron chi connectivity index (χ0n) is 13.6. The van der Waals surface area contributed by atoms with Crippen molar-refractivity contribution in [2.45, 2.75) is 33.4 Å². The lowest BCUT2D eigenvalue weighted by molar-refractivity contribution is 0.306. The van der Waals surface area contributed by atoms with Crippen molar-refractivity contribution in [1.82, 2.24) is 5.32 Å². The van der Waals surface area contributed by atoms with Crippen molar-refractivity contribution in [3.63, 3.8) is 0 Å². The van der Waals surface area contributed by atoms with E-state index in [0.717, 1.165) is 30.3 Å². The van der Waals surface area contributed by atoms with E-state index < -0.39 is 0 Å². The molecule has 0 aromatic heterocycles. The Morgan fingerprint density at radius 3 is 2.30 bits per heavy atom. The van der Waals surface area contributed by atoms with Crippen LogP contribution in [0, 0.1) is 5.92 Å². The van der Waals surface area contributed by atoms with Gasteiger partial charge < -0.3 is 10.1 Å². The number of halogens is 2. The molecule has 2 aromatic rings. The van der Waals surface area contributed by atoms with E-state index >= 15 is 0 Å². The molecule has 0 aliphatic rings. The summed E-state index contributed by atoms with van der Waals surface area (Å²) in [6, 6.07) is 13.7. The average molecular weight is 352 g/mol. The Bertz CT molecular complexity index is 611. The summed E-state index contributed by atoms with van der Waals surface area (Å²) in [5.74, 6) is 1.58. The van der Waals surface area contributed by atoms with E-state index in [1.54, 1.807) is 6.07 Å². The molecule has 0 saturated heterocycles. The van der Waals surface area contributed by atoms with Gasteiger partial charge in [-0.1, -0.05) is 55.2 Å². The molecule has 0 heterocycles. The van der Waals surface area contributed by atoms with E-state index in [-0.39, 0.29) is 0 Å². The van der Waals surface area contributed by atoms with Crippen LogP contribution in [0.15, 0.2) is 42.5 Å². The third-order valence-electron chi connectivity index (χ3n) is 3.54. The summed E-state index contributed by atoms with van der Waals surface area (Å²) in [6.07, 6.45) is 1.20. The quantitative estimate of drug-likeness (QED) is 0.615. The molecule has 0 fully saturated rings. The van der Waals surface area contributed by atoms with Crippen LogP contribution in [-0.4, -0.2) is 6.54 Å². The maximum Gasteiger partial charge on any atom is 0.119 e. The van der Waals surface area contributed by atoms with E-state index in [1.165, 1.54) is 12.0 Å². The molecule has 0 aliphatic heterocycles. The minimum Gasteiger partial charge on any atom is -0.489 e. The Hall–Kier alpha value is -1.22. The molecule has 1 N–H and O–H groups in total. The topological polar surface area (TPSA) is 21.3 Å². The first-order chi connectivity index (χ1) is 11.0. The third-order valence-corrected chi connectivity index (χ3v) is 4.28. The van der Waals surface area contributed by atoms with Gasteiger partial charge in [0.15, 0.2) is 0 Å². The van der Waals surface area contributed by atoms with Crippen molar-refractivity contribution >= 4 is 23.2 Å². The summed E-state index contributed by atoms with van der Waals surface area (Å²) >= 11 is 11.9. The summed E-state index contributed by atoms with van der Waals surface area (Å²) in [5.41, 5.74) is 2.26. The highest BCUT2D eigenvalue weighted by Crippen LogP contribution is 2.23. The number of hydrogen-bond donors (Lipinski definition) is 1. The second-order valence-corrected chi connectivity index (χ2v) is 6.85. The van der Waals surface area contributed by atoms with Gasteiger partial charge in [-0.05, 0) is 54.3 Å². The molecular formula is C19H23Cl2NO. The first-order valence-corrected chi connectivity index (χ1v) is 8.66. The van der Waals surface area contributed by atoms with Gasteiger partial charge in [-0.3, -0.25) is 0 Å². The van der Waals surface area contributed by atoms with Crippen molar-refractivity contribution in [2.24, 2.45) is 5.92 Å². The lowest BCUT2D eigenvalue weighted by Gasteiger charge is -2.09. The molecule has 2 nitrogen and oxygen atoms in total. The van der Waals surface area contributed by atoms with Crippen LogP contribution in [0.3, 0.4) is 0 Å². The van der Waals surface area contributed by atoms with Crippen LogP contribution >= 0.6 is 23.2 Å². The summed E-state index contributed by atoms with van der Waals surface area (Å²) < 4.78 is 5.78. The number of hydrogen-bond acceptors (Lipinski definition) is 2. The predicted octanol–water partition coefficient (Wildman–Crippen LogP) is 5.71. The molecule has 0 spiro atoms. The summed E-state index contributed by atoms with van der Waals surface area (Å²) in [5, 5.41) is 4.57. The van der Waals surface area contributed by atoms with Crippen molar-refractivity contribution in [3.05, 3.63) is 63.6 Å².